The molecule has 0 atom stereocenters. The predicted octanol–water partition coefficient (Wildman–Crippen LogP) is 5.06. The molecule has 0 radical (unpaired) electrons. The van der Waals surface area contributed by atoms with Gasteiger partial charge in [0.15, 0.2) is 0 Å². The minimum atomic E-state index is -0.216. The van der Waals surface area contributed by atoms with Gasteiger partial charge in [-0.2, -0.15) is 0 Å². The quantitative estimate of drug-likeness (QED) is 0.391. The third-order valence-electron chi connectivity index (χ3n) is 4.16. The fourth-order valence-corrected chi connectivity index (χ4v) is 3.22. The third-order valence-corrected chi connectivity index (χ3v) is 5.03. The number of hydrogen-bond donors (Lipinski definition) is 0. The van der Waals surface area contributed by atoms with Gasteiger partial charge < -0.3 is 13.6 Å². The number of thioether (sulfide) groups is 1. The number of hydrogen-bond acceptors (Lipinski definition) is 6. The van der Waals surface area contributed by atoms with Crippen LogP contribution in [0.4, 0.5) is 0 Å². The Morgan fingerprint density at radius 3 is 2.68 bits per heavy atom. The summed E-state index contributed by atoms with van der Waals surface area (Å²) in [5.74, 6) is 3.87. The van der Waals surface area contributed by atoms with Gasteiger partial charge >= 0.3 is 5.97 Å². The molecular weight excluding hydrogens is 374 g/mol. The minimum Gasteiger partial charge on any atom is -0.468 e. The van der Waals surface area contributed by atoms with Crippen LogP contribution in [0.2, 0.25) is 0 Å². The van der Waals surface area contributed by atoms with E-state index in [4.69, 9.17) is 8.83 Å². The molecule has 0 aliphatic carbocycles. The highest BCUT2D eigenvalue weighted by Crippen LogP contribution is 2.24. The number of aromatic nitrogens is 1. The molecular formula is C22H23NO4S. The van der Waals surface area contributed by atoms with Gasteiger partial charge in [-0.15, -0.1) is 11.8 Å². The van der Waals surface area contributed by atoms with E-state index in [1.165, 1.54) is 24.4 Å². The van der Waals surface area contributed by atoms with E-state index < -0.39 is 0 Å². The van der Waals surface area contributed by atoms with Gasteiger partial charge in [0.05, 0.1) is 25.0 Å². The molecule has 0 amide bonds. The number of carbonyl (C=O) groups is 1. The number of benzene rings is 1. The molecule has 0 spiro atoms. The molecule has 3 aromatic rings. The number of carbonyl (C=O) groups excluding carboxylic acids is 1. The molecule has 0 N–H and O–H groups in total. The Hall–Kier alpha value is -2.73. The number of oxazole rings is 1. The topological polar surface area (TPSA) is 65.5 Å². The van der Waals surface area contributed by atoms with Gasteiger partial charge in [0.2, 0.25) is 5.89 Å². The molecule has 0 aliphatic heterocycles. The Labute approximate surface area is 168 Å². The van der Waals surface area contributed by atoms with Gasteiger partial charge in [-0.25, -0.2) is 4.98 Å². The van der Waals surface area contributed by atoms with E-state index in [1.54, 1.807) is 0 Å². The predicted molar refractivity (Wildman–Crippen MR) is 111 cm³/mol. The lowest BCUT2D eigenvalue weighted by Gasteiger charge is -1.96. The monoisotopic (exact) mass is 397 g/mol. The van der Waals surface area contributed by atoms with E-state index in [-0.39, 0.29) is 5.97 Å². The highest BCUT2D eigenvalue weighted by Gasteiger charge is 2.13. The molecule has 0 saturated heterocycles. The Morgan fingerprint density at radius 2 is 1.93 bits per heavy atom. The highest BCUT2D eigenvalue weighted by atomic mass is 32.2. The number of ether oxygens (including phenoxy) is 1. The lowest BCUT2D eigenvalue weighted by molar-refractivity contribution is -0.137. The second-order valence-corrected chi connectivity index (χ2v) is 7.39. The zero-order chi connectivity index (χ0) is 19.9. The molecule has 28 heavy (non-hydrogen) atoms. The summed E-state index contributed by atoms with van der Waals surface area (Å²) in [7, 11) is 1.39. The average Bonchev–Trinajstić information content (AvgIpc) is 3.29. The maximum absolute atomic E-state index is 11.1. The average molecular weight is 397 g/mol. The van der Waals surface area contributed by atoms with Gasteiger partial charge in [0.1, 0.15) is 17.3 Å². The standard InChI is InChI=1S/C22H23NO4S/c1-15-6-8-17(9-7-15)22-23-20(16(2)26-22)13-19-11-10-18(27-19)5-4-12-28-14-21(24)25-3/h4-11H,12-14H2,1-3H3. The molecule has 0 bridgehead atoms. The first-order valence-electron chi connectivity index (χ1n) is 8.98. The Morgan fingerprint density at radius 1 is 1.14 bits per heavy atom. The van der Waals surface area contributed by atoms with Crippen LogP contribution in [0, 0.1) is 13.8 Å². The summed E-state index contributed by atoms with van der Waals surface area (Å²) >= 11 is 1.49. The Kier molecular flexibility index (Phi) is 6.76. The third kappa shape index (κ3) is 5.39. The maximum Gasteiger partial charge on any atom is 0.315 e. The van der Waals surface area contributed by atoms with E-state index in [0.29, 0.717) is 23.8 Å². The smallest absolute Gasteiger partial charge is 0.315 e. The molecule has 146 valence electrons. The van der Waals surface area contributed by atoms with Crippen molar-refractivity contribution in [2.24, 2.45) is 0 Å². The van der Waals surface area contributed by atoms with Crippen molar-refractivity contribution in [3.8, 4) is 11.5 Å². The lowest BCUT2D eigenvalue weighted by Crippen LogP contribution is -2.03. The summed E-state index contributed by atoms with van der Waals surface area (Å²) < 4.78 is 16.3. The van der Waals surface area contributed by atoms with Crippen molar-refractivity contribution in [2.45, 2.75) is 20.3 Å². The van der Waals surface area contributed by atoms with Gasteiger partial charge in [0.25, 0.3) is 0 Å². The van der Waals surface area contributed by atoms with Crippen molar-refractivity contribution in [2.75, 3.05) is 18.6 Å². The Bertz CT molecular complexity index is 953. The summed E-state index contributed by atoms with van der Waals surface area (Å²) in [4.78, 5) is 15.7. The van der Waals surface area contributed by atoms with Gasteiger partial charge in [-0.05, 0) is 44.2 Å². The first-order chi connectivity index (χ1) is 13.5. The molecule has 0 unspecified atom stereocenters. The zero-order valence-electron chi connectivity index (χ0n) is 16.2. The van der Waals surface area contributed by atoms with Gasteiger partial charge in [-0.3, -0.25) is 4.79 Å². The molecule has 0 saturated carbocycles. The minimum absolute atomic E-state index is 0.216. The van der Waals surface area contributed by atoms with Crippen LogP contribution >= 0.6 is 11.8 Å². The first kappa shape index (κ1) is 20.0. The largest absolute Gasteiger partial charge is 0.468 e. The van der Waals surface area contributed by atoms with Crippen LogP contribution in [0.25, 0.3) is 17.5 Å². The number of methoxy groups -OCH3 is 1. The van der Waals surface area contributed by atoms with Crippen molar-refractivity contribution in [1.29, 1.82) is 0 Å². The van der Waals surface area contributed by atoms with Crippen molar-refractivity contribution in [3.63, 3.8) is 0 Å². The second kappa shape index (κ2) is 9.46. The number of rotatable bonds is 8. The SMILES string of the molecule is COC(=O)CSCC=Cc1ccc(Cc2nc(-c3ccc(C)cc3)oc2C)o1. The molecule has 0 fully saturated rings. The number of esters is 1. The number of nitrogens with zero attached hydrogens (tertiary/aromatic N) is 1. The van der Waals surface area contributed by atoms with Crippen LogP contribution in [0.15, 0.2) is 51.3 Å². The fraction of sp³-hybridized carbons (Fsp3) is 0.273. The molecule has 0 aliphatic rings. The van der Waals surface area contributed by atoms with Crippen molar-refractivity contribution < 1.29 is 18.4 Å². The normalized spacial score (nSPS) is 11.2. The van der Waals surface area contributed by atoms with E-state index in [0.717, 1.165) is 28.5 Å². The van der Waals surface area contributed by atoms with E-state index in [2.05, 4.69) is 16.6 Å². The summed E-state index contributed by atoms with van der Waals surface area (Å²) in [5.41, 5.74) is 3.04. The van der Waals surface area contributed by atoms with E-state index in [9.17, 15) is 4.79 Å². The molecule has 5 nitrogen and oxygen atoms in total. The fourth-order valence-electron chi connectivity index (χ4n) is 2.59. The Balaban J connectivity index is 1.59. The highest BCUT2D eigenvalue weighted by molar-refractivity contribution is 8.00. The second-order valence-electron chi connectivity index (χ2n) is 6.36. The van der Waals surface area contributed by atoms with Crippen LogP contribution in [0.3, 0.4) is 0 Å². The number of furan rings is 1. The van der Waals surface area contributed by atoms with Crippen LogP contribution in [-0.2, 0) is 16.0 Å². The molecule has 2 heterocycles. The van der Waals surface area contributed by atoms with Crippen molar-refractivity contribution in [1.82, 2.24) is 4.98 Å². The van der Waals surface area contributed by atoms with Gasteiger partial charge in [0, 0.05) is 11.3 Å². The first-order valence-corrected chi connectivity index (χ1v) is 10.1. The van der Waals surface area contributed by atoms with E-state index >= 15 is 0 Å². The maximum atomic E-state index is 11.1. The van der Waals surface area contributed by atoms with Crippen LogP contribution in [-0.4, -0.2) is 29.6 Å². The molecule has 6 heteroatoms. The molecule has 2 aromatic heterocycles. The summed E-state index contributed by atoms with van der Waals surface area (Å²) in [6, 6.07) is 12.0. The summed E-state index contributed by atoms with van der Waals surface area (Å²) in [6.07, 6.45) is 4.44. The van der Waals surface area contributed by atoms with Crippen LogP contribution < -0.4 is 0 Å². The van der Waals surface area contributed by atoms with E-state index in [1.807, 2.05) is 55.5 Å². The zero-order valence-corrected chi connectivity index (χ0v) is 17.0. The summed E-state index contributed by atoms with van der Waals surface area (Å²) in [5, 5.41) is 0. The van der Waals surface area contributed by atoms with Crippen molar-refractivity contribution in [3.05, 3.63) is 71.0 Å². The lowest BCUT2D eigenvalue weighted by atomic mass is 10.1. The summed E-state index contributed by atoms with van der Waals surface area (Å²) in [6.45, 7) is 3.97. The van der Waals surface area contributed by atoms with Crippen LogP contribution in [0.1, 0.15) is 28.5 Å². The molecule has 3 rings (SSSR count). The molecule has 1 aromatic carbocycles. The number of aryl methyl sites for hydroxylation is 2. The van der Waals surface area contributed by atoms with Crippen LogP contribution in [0.5, 0.6) is 0 Å². The van der Waals surface area contributed by atoms with Crippen molar-refractivity contribution >= 4 is 23.8 Å². The van der Waals surface area contributed by atoms with Gasteiger partial charge in [-0.1, -0.05) is 23.8 Å².